The van der Waals surface area contributed by atoms with Gasteiger partial charge in [-0.3, -0.25) is 19.0 Å². The van der Waals surface area contributed by atoms with Gasteiger partial charge in [0.2, 0.25) is 11.9 Å². The molecule has 1 fully saturated rings. The number of benzene rings is 2. The predicted octanol–water partition coefficient (Wildman–Crippen LogP) is 0.914. The zero-order chi connectivity index (χ0) is 23.7. The van der Waals surface area contributed by atoms with Gasteiger partial charge < -0.3 is 19.4 Å². The Balaban J connectivity index is 1.33. The molecule has 0 saturated carbocycles. The van der Waals surface area contributed by atoms with Gasteiger partial charge in [-0.05, 0) is 36.4 Å². The molecular weight excluding hydrogens is 436 g/mol. The lowest BCUT2D eigenvalue weighted by molar-refractivity contribution is -0.132. The fourth-order valence-electron chi connectivity index (χ4n) is 4.42. The van der Waals surface area contributed by atoms with Gasteiger partial charge in [-0.25, -0.2) is 4.68 Å². The number of amides is 1. The minimum absolute atomic E-state index is 0.222. The summed E-state index contributed by atoms with van der Waals surface area (Å²) < 4.78 is 7.58. The number of fused-ring (bicyclic) bond motifs is 1. The molecule has 2 aromatic carbocycles. The van der Waals surface area contributed by atoms with Crippen molar-refractivity contribution < 1.29 is 9.53 Å². The summed E-state index contributed by atoms with van der Waals surface area (Å²) in [6.45, 7) is 3.11. The number of hydrogen-bond acceptors (Lipinski definition) is 7. The van der Waals surface area contributed by atoms with Gasteiger partial charge in [-0.2, -0.15) is 0 Å². The molecule has 0 unspecified atom stereocenters. The number of nitrogens with zero attached hydrogens (tertiary/aromatic N) is 6. The summed E-state index contributed by atoms with van der Waals surface area (Å²) in [5.74, 6) is 0.855. The molecule has 2 aliphatic rings. The van der Waals surface area contributed by atoms with Gasteiger partial charge in [0.05, 0.1) is 7.11 Å². The Morgan fingerprint density at radius 2 is 1.56 bits per heavy atom. The number of anilines is 3. The molecule has 2 aliphatic heterocycles. The van der Waals surface area contributed by atoms with Crippen LogP contribution in [-0.2, 0) is 17.9 Å². The van der Waals surface area contributed by atoms with Gasteiger partial charge in [0.15, 0.2) is 0 Å². The minimum Gasteiger partial charge on any atom is -0.497 e. The molecule has 10 heteroatoms. The van der Waals surface area contributed by atoms with Crippen LogP contribution >= 0.6 is 0 Å². The van der Waals surface area contributed by atoms with Crippen molar-refractivity contribution in [3.05, 3.63) is 75.3 Å². The smallest absolute Gasteiger partial charge is 0.333 e. The third-order valence-corrected chi connectivity index (χ3v) is 6.33. The summed E-state index contributed by atoms with van der Waals surface area (Å²) in [6.07, 6.45) is 0. The topological polar surface area (TPSA) is 92.9 Å². The highest BCUT2D eigenvalue weighted by Gasteiger charge is 2.28. The van der Waals surface area contributed by atoms with E-state index in [1.165, 1.54) is 4.57 Å². The van der Waals surface area contributed by atoms with Gasteiger partial charge in [-0.1, -0.05) is 18.2 Å². The van der Waals surface area contributed by atoms with E-state index in [1.807, 2.05) is 59.5 Å². The molecule has 0 radical (unpaired) electrons. The number of ether oxygens (including phenoxy) is 1. The van der Waals surface area contributed by atoms with E-state index in [0.717, 1.165) is 21.8 Å². The summed E-state index contributed by atoms with van der Waals surface area (Å²) >= 11 is 0. The predicted molar refractivity (Wildman–Crippen MR) is 128 cm³/mol. The lowest BCUT2D eigenvalue weighted by atomic mass is 10.2. The third kappa shape index (κ3) is 4.02. The van der Waals surface area contributed by atoms with Crippen molar-refractivity contribution in [1.82, 2.24) is 19.2 Å². The maximum atomic E-state index is 13.0. The van der Waals surface area contributed by atoms with Crippen LogP contribution in [0.15, 0.2) is 64.2 Å². The van der Waals surface area contributed by atoms with Gasteiger partial charge in [0, 0.05) is 50.6 Å². The van der Waals surface area contributed by atoms with Crippen LogP contribution in [0, 0.1) is 0 Å². The number of carbonyl (C=O) groups is 1. The first-order chi connectivity index (χ1) is 16.5. The summed E-state index contributed by atoms with van der Waals surface area (Å²) in [5.41, 5.74) is 0.504. The molecule has 5 rings (SSSR count). The fraction of sp³-hybridized carbons (Fsp3) is 0.333. The molecule has 1 amide bonds. The number of para-hydroxylation sites is 1. The van der Waals surface area contributed by atoms with Crippen LogP contribution in [0.1, 0.15) is 0 Å². The third-order valence-electron chi connectivity index (χ3n) is 6.33. The standard InChI is InChI=1S/C24H26N6O4/c1-34-20-9-7-19(8-10-20)28-15-16-29-22(32)23(33)30(25-24(28)29)17-21(31)27-13-11-26(12-14-27)18-5-3-2-4-6-18/h2-10H,11-17H2,1H3. The highest BCUT2D eigenvalue weighted by atomic mass is 16.5. The van der Waals surface area contributed by atoms with Crippen molar-refractivity contribution >= 4 is 23.2 Å². The molecule has 3 aromatic rings. The number of hydrogen-bond donors (Lipinski definition) is 0. The Hall–Kier alpha value is -4.08. The lowest BCUT2D eigenvalue weighted by Crippen LogP contribution is -2.51. The number of methoxy groups -OCH3 is 1. The van der Waals surface area contributed by atoms with Crippen molar-refractivity contribution in [2.75, 3.05) is 49.6 Å². The van der Waals surface area contributed by atoms with E-state index in [1.54, 1.807) is 12.0 Å². The first-order valence-corrected chi connectivity index (χ1v) is 11.3. The Morgan fingerprint density at radius 3 is 2.24 bits per heavy atom. The number of rotatable bonds is 5. The molecule has 176 valence electrons. The van der Waals surface area contributed by atoms with Crippen molar-refractivity contribution in [2.24, 2.45) is 0 Å². The summed E-state index contributed by atoms with van der Waals surface area (Å²) in [7, 11) is 1.60. The van der Waals surface area contributed by atoms with Gasteiger partial charge in [0.1, 0.15) is 12.3 Å². The second kappa shape index (κ2) is 9.05. The van der Waals surface area contributed by atoms with Crippen LogP contribution in [0.5, 0.6) is 5.75 Å². The minimum atomic E-state index is -0.781. The zero-order valence-corrected chi connectivity index (χ0v) is 19.0. The summed E-state index contributed by atoms with van der Waals surface area (Å²) in [6, 6.07) is 17.4. The molecule has 3 heterocycles. The molecule has 1 aromatic heterocycles. The van der Waals surface area contributed by atoms with Crippen LogP contribution in [0.2, 0.25) is 0 Å². The molecular formula is C24H26N6O4. The van der Waals surface area contributed by atoms with E-state index < -0.39 is 11.1 Å². The molecule has 0 bridgehead atoms. The molecule has 34 heavy (non-hydrogen) atoms. The molecule has 0 spiro atoms. The Kier molecular flexibility index (Phi) is 5.79. The van der Waals surface area contributed by atoms with Crippen molar-refractivity contribution in [3.8, 4) is 5.75 Å². The Morgan fingerprint density at radius 1 is 0.853 bits per heavy atom. The van der Waals surface area contributed by atoms with E-state index in [4.69, 9.17) is 4.74 Å². The molecule has 0 aliphatic carbocycles. The average molecular weight is 463 g/mol. The van der Waals surface area contributed by atoms with E-state index >= 15 is 0 Å². The van der Waals surface area contributed by atoms with E-state index in [9.17, 15) is 14.4 Å². The molecule has 0 N–H and O–H groups in total. The van der Waals surface area contributed by atoms with Gasteiger partial charge >= 0.3 is 11.1 Å². The lowest BCUT2D eigenvalue weighted by Gasteiger charge is -2.36. The van der Waals surface area contributed by atoms with Crippen molar-refractivity contribution in [3.63, 3.8) is 0 Å². The van der Waals surface area contributed by atoms with Crippen molar-refractivity contribution in [1.29, 1.82) is 0 Å². The average Bonchev–Trinajstić information content (AvgIpc) is 3.31. The Bertz CT molecular complexity index is 1290. The normalized spacial score (nSPS) is 15.4. The number of piperazine rings is 1. The van der Waals surface area contributed by atoms with Gasteiger partial charge in [0.25, 0.3) is 0 Å². The van der Waals surface area contributed by atoms with E-state index in [0.29, 0.717) is 45.2 Å². The van der Waals surface area contributed by atoms with Crippen LogP contribution in [0.4, 0.5) is 17.3 Å². The summed E-state index contributed by atoms with van der Waals surface area (Å²) in [4.78, 5) is 44.2. The Labute approximate surface area is 196 Å². The second-order valence-electron chi connectivity index (χ2n) is 8.27. The fourth-order valence-corrected chi connectivity index (χ4v) is 4.42. The monoisotopic (exact) mass is 462 g/mol. The number of aromatic nitrogens is 3. The van der Waals surface area contributed by atoms with E-state index in [-0.39, 0.29) is 12.5 Å². The highest BCUT2D eigenvalue weighted by molar-refractivity contribution is 5.76. The maximum absolute atomic E-state index is 13.0. The SMILES string of the molecule is COc1ccc(N2CCn3c2nn(CC(=O)N2CCN(c4ccccc4)CC2)c(=O)c3=O)cc1. The second-order valence-corrected chi connectivity index (χ2v) is 8.27. The van der Waals surface area contributed by atoms with Crippen LogP contribution in [-0.4, -0.2) is 65.0 Å². The largest absolute Gasteiger partial charge is 0.497 e. The quantitative estimate of drug-likeness (QED) is 0.521. The highest BCUT2D eigenvalue weighted by Crippen LogP contribution is 2.28. The van der Waals surface area contributed by atoms with E-state index in [2.05, 4.69) is 10.00 Å². The van der Waals surface area contributed by atoms with Crippen LogP contribution < -0.4 is 25.7 Å². The van der Waals surface area contributed by atoms with Crippen LogP contribution in [0.25, 0.3) is 0 Å². The maximum Gasteiger partial charge on any atom is 0.333 e. The number of carbonyl (C=O) groups excluding carboxylic acids is 1. The first-order valence-electron chi connectivity index (χ1n) is 11.3. The van der Waals surface area contributed by atoms with Gasteiger partial charge in [-0.15, -0.1) is 5.10 Å². The van der Waals surface area contributed by atoms with Crippen LogP contribution in [0.3, 0.4) is 0 Å². The molecule has 10 nitrogen and oxygen atoms in total. The molecule has 0 atom stereocenters. The zero-order valence-electron chi connectivity index (χ0n) is 19.0. The van der Waals surface area contributed by atoms with Crippen molar-refractivity contribution in [2.45, 2.75) is 13.1 Å². The first kappa shape index (κ1) is 21.7. The summed E-state index contributed by atoms with van der Waals surface area (Å²) in [5, 5.41) is 4.42. The molecule has 1 saturated heterocycles.